The number of benzene rings is 2. The van der Waals surface area contributed by atoms with Crippen LogP contribution in [0, 0.1) is 0 Å². The van der Waals surface area contributed by atoms with Crippen LogP contribution >= 0.6 is 0 Å². The zero-order chi connectivity index (χ0) is 27.9. The molecule has 0 aliphatic carbocycles. The summed E-state index contributed by atoms with van der Waals surface area (Å²) < 4.78 is 21.8. The van der Waals surface area contributed by atoms with E-state index in [-0.39, 0.29) is 16.9 Å². The summed E-state index contributed by atoms with van der Waals surface area (Å²) in [7, 11) is 0. The molecule has 2 aromatic carbocycles. The molecular formula is C25H24O13. The second-order valence-corrected chi connectivity index (χ2v) is 8.66. The van der Waals surface area contributed by atoms with Crippen LogP contribution in [0.4, 0.5) is 0 Å². The molecule has 1 fully saturated rings. The molecule has 13 heteroatoms. The van der Waals surface area contributed by atoms with Gasteiger partial charge in [0.15, 0.2) is 28.6 Å². The van der Waals surface area contributed by atoms with Crippen LogP contribution in [0.25, 0.3) is 22.3 Å². The summed E-state index contributed by atoms with van der Waals surface area (Å²) in [6, 6.07) is 5.41. The van der Waals surface area contributed by atoms with Crippen LogP contribution in [-0.2, 0) is 23.8 Å². The Morgan fingerprint density at radius 1 is 0.895 bits per heavy atom. The molecular weight excluding hydrogens is 508 g/mol. The van der Waals surface area contributed by atoms with Crippen molar-refractivity contribution in [3.8, 4) is 34.3 Å². The van der Waals surface area contributed by atoms with E-state index in [9.17, 15) is 45.0 Å². The minimum atomic E-state index is -1.80. The molecule has 0 unspecified atom stereocenters. The van der Waals surface area contributed by atoms with Crippen molar-refractivity contribution in [3.05, 3.63) is 46.1 Å². The number of aliphatic hydroxyl groups is 2. The molecule has 6 N–H and O–H groups in total. The highest BCUT2D eigenvalue weighted by atomic mass is 16.6. The van der Waals surface area contributed by atoms with Crippen molar-refractivity contribution in [1.29, 1.82) is 0 Å². The minimum absolute atomic E-state index is 0.136. The first-order chi connectivity index (χ1) is 17.9. The summed E-state index contributed by atoms with van der Waals surface area (Å²) in [5.74, 6) is -4.02. The van der Waals surface area contributed by atoms with E-state index in [1.54, 1.807) is 0 Å². The van der Waals surface area contributed by atoms with Crippen molar-refractivity contribution < 1.29 is 58.9 Å². The van der Waals surface area contributed by atoms with Crippen LogP contribution in [0.5, 0.6) is 23.0 Å². The predicted molar refractivity (Wildman–Crippen MR) is 126 cm³/mol. The van der Waals surface area contributed by atoms with E-state index in [2.05, 4.69) is 0 Å². The number of carbonyl (C=O) groups excluding carboxylic acids is 2. The van der Waals surface area contributed by atoms with Crippen LogP contribution in [0.15, 0.2) is 39.5 Å². The number of hydrogen-bond donors (Lipinski definition) is 6. The van der Waals surface area contributed by atoms with E-state index in [1.165, 1.54) is 6.07 Å². The first kappa shape index (κ1) is 26.7. The third-order valence-corrected chi connectivity index (χ3v) is 5.98. The van der Waals surface area contributed by atoms with Crippen molar-refractivity contribution in [2.45, 2.75) is 44.4 Å². The molecule has 38 heavy (non-hydrogen) atoms. The molecule has 13 nitrogen and oxygen atoms in total. The average Bonchev–Trinajstić information content (AvgIpc) is 2.83. The largest absolute Gasteiger partial charge is 0.507 e. The van der Waals surface area contributed by atoms with Gasteiger partial charge in [0.2, 0.25) is 0 Å². The number of carbonyl (C=O) groups is 2. The smallest absolute Gasteiger partial charge is 0.303 e. The molecule has 0 radical (unpaired) electrons. The maximum absolute atomic E-state index is 13.0. The lowest BCUT2D eigenvalue weighted by molar-refractivity contribution is -0.242. The van der Waals surface area contributed by atoms with Crippen LogP contribution in [-0.4, -0.2) is 73.6 Å². The third-order valence-electron chi connectivity index (χ3n) is 5.98. The quantitative estimate of drug-likeness (QED) is 0.200. The lowest BCUT2D eigenvalue weighted by atomic mass is 9.89. The molecule has 1 aliphatic rings. The van der Waals surface area contributed by atoms with Crippen LogP contribution in [0.2, 0.25) is 0 Å². The Balaban J connectivity index is 1.95. The fourth-order valence-corrected chi connectivity index (χ4v) is 4.25. The summed E-state index contributed by atoms with van der Waals surface area (Å²) >= 11 is 0. The van der Waals surface area contributed by atoms with E-state index in [1.807, 2.05) is 0 Å². The van der Waals surface area contributed by atoms with Crippen LogP contribution in [0.1, 0.15) is 25.5 Å². The van der Waals surface area contributed by atoms with Crippen molar-refractivity contribution in [2.75, 3.05) is 6.61 Å². The number of hydrogen-bond acceptors (Lipinski definition) is 13. The number of rotatable bonds is 5. The number of aromatic hydroxyl groups is 4. The fraction of sp³-hybridized carbons (Fsp3) is 0.320. The average molecular weight is 532 g/mol. The number of aliphatic hydroxyl groups excluding tert-OH is 2. The summed E-state index contributed by atoms with van der Waals surface area (Å²) in [4.78, 5) is 36.2. The fourth-order valence-electron chi connectivity index (χ4n) is 4.25. The van der Waals surface area contributed by atoms with E-state index in [0.717, 1.165) is 38.1 Å². The highest BCUT2D eigenvalue weighted by molar-refractivity contribution is 5.89. The van der Waals surface area contributed by atoms with Gasteiger partial charge in [-0.3, -0.25) is 14.4 Å². The minimum Gasteiger partial charge on any atom is -0.507 e. The molecule has 5 atom stereocenters. The van der Waals surface area contributed by atoms with E-state index in [4.69, 9.17) is 18.6 Å². The molecule has 1 aromatic heterocycles. The van der Waals surface area contributed by atoms with Crippen molar-refractivity contribution in [3.63, 3.8) is 0 Å². The Labute approximate surface area is 213 Å². The van der Waals surface area contributed by atoms with Gasteiger partial charge in [-0.25, -0.2) is 0 Å². The SMILES string of the molecule is CC(=O)OC[C@H]1O[C@@H](c2c(O)cc(O)c3c(=O)cc(-c4ccc(O)c(O)c4)oc23)[C@H](OC(C)=O)[C@@H](O)[C@@H]1O. The second kappa shape index (κ2) is 10.2. The van der Waals surface area contributed by atoms with Gasteiger partial charge in [-0.05, 0) is 18.2 Å². The Bertz CT molecular complexity index is 1460. The Morgan fingerprint density at radius 2 is 1.61 bits per heavy atom. The molecule has 2 heterocycles. The summed E-state index contributed by atoms with van der Waals surface area (Å²) in [6.45, 7) is 1.63. The first-order valence-corrected chi connectivity index (χ1v) is 11.3. The van der Waals surface area contributed by atoms with Gasteiger partial charge in [0.25, 0.3) is 0 Å². The molecule has 3 aromatic rings. The number of fused-ring (bicyclic) bond motifs is 1. The topological polar surface area (TPSA) is 213 Å². The molecule has 0 bridgehead atoms. The Hall–Kier alpha value is -4.33. The van der Waals surface area contributed by atoms with Gasteiger partial charge < -0.3 is 49.3 Å². The van der Waals surface area contributed by atoms with Crippen LogP contribution < -0.4 is 5.43 Å². The van der Waals surface area contributed by atoms with Crippen molar-refractivity contribution in [2.24, 2.45) is 0 Å². The second-order valence-electron chi connectivity index (χ2n) is 8.66. The Morgan fingerprint density at radius 3 is 2.24 bits per heavy atom. The van der Waals surface area contributed by atoms with E-state index < -0.39 is 88.5 Å². The standard InChI is InChI=1S/C25H24O13/c1-9(26)35-8-18-21(33)22(34)25(36-10(2)27)24(38-18)20-15(31)6-14(30)19-16(32)7-17(37-23(19)20)11-3-4-12(28)13(29)5-11/h3-7,18,21-22,24-25,28-31,33-34H,8H2,1-2H3/t18-,21-,22+,24+,25-/m1/s1. The predicted octanol–water partition coefficient (Wildman–Crippen LogP) is 0.939. The summed E-state index contributed by atoms with van der Waals surface area (Å²) in [6.07, 6.45) is -8.08. The first-order valence-electron chi connectivity index (χ1n) is 11.3. The van der Waals surface area contributed by atoms with Gasteiger partial charge in [0.1, 0.15) is 53.7 Å². The third kappa shape index (κ3) is 4.94. The van der Waals surface area contributed by atoms with Gasteiger partial charge >= 0.3 is 11.9 Å². The molecule has 202 valence electrons. The van der Waals surface area contributed by atoms with Crippen molar-refractivity contribution >= 4 is 22.9 Å². The summed E-state index contributed by atoms with van der Waals surface area (Å²) in [5.41, 5.74) is -1.39. The number of phenolic OH excluding ortho intramolecular Hbond substituents is 4. The number of esters is 2. The monoisotopic (exact) mass is 532 g/mol. The van der Waals surface area contributed by atoms with Gasteiger partial charge in [-0.2, -0.15) is 0 Å². The molecule has 1 saturated heterocycles. The molecule has 4 rings (SSSR count). The number of ether oxygens (including phenoxy) is 3. The van der Waals surface area contributed by atoms with Crippen LogP contribution in [0.3, 0.4) is 0 Å². The van der Waals surface area contributed by atoms with Gasteiger partial charge in [0, 0.05) is 31.5 Å². The van der Waals surface area contributed by atoms with Crippen molar-refractivity contribution in [1.82, 2.24) is 0 Å². The number of phenols is 4. The molecule has 0 saturated carbocycles. The molecule has 0 amide bonds. The van der Waals surface area contributed by atoms with Gasteiger partial charge in [-0.15, -0.1) is 0 Å². The van der Waals surface area contributed by atoms with Gasteiger partial charge in [-0.1, -0.05) is 0 Å². The molecule has 0 spiro atoms. The van der Waals surface area contributed by atoms with Gasteiger partial charge in [0.05, 0.1) is 5.56 Å². The lowest BCUT2D eigenvalue weighted by Gasteiger charge is -2.42. The Kier molecular flexibility index (Phi) is 7.18. The normalized spacial score (nSPS) is 23.2. The molecule has 1 aliphatic heterocycles. The highest BCUT2D eigenvalue weighted by Gasteiger charge is 2.49. The highest BCUT2D eigenvalue weighted by Crippen LogP contribution is 2.45. The zero-order valence-electron chi connectivity index (χ0n) is 20.0. The maximum Gasteiger partial charge on any atom is 0.303 e. The summed E-state index contributed by atoms with van der Waals surface area (Å²) in [5, 5.41) is 61.7. The van der Waals surface area contributed by atoms with E-state index in [0.29, 0.717) is 0 Å². The van der Waals surface area contributed by atoms with E-state index >= 15 is 0 Å². The lowest BCUT2D eigenvalue weighted by Crippen LogP contribution is -2.56. The maximum atomic E-state index is 13.0. The zero-order valence-corrected chi connectivity index (χ0v) is 20.0.